The Morgan fingerprint density at radius 3 is 2.37 bits per heavy atom. The van der Waals surface area contributed by atoms with Crippen LogP contribution < -0.4 is 16.0 Å². The summed E-state index contributed by atoms with van der Waals surface area (Å²) in [5.41, 5.74) is 1.39. The number of aromatic nitrogens is 4. The Labute approximate surface area is 292 Å². The molecule has 0 saturated heterocycles. The molecule has 2 aromatic heterocycles. The number of nitrogens with one attached hydrogen (secondary N) is 3. The Hall–Kier alpha value is -4.13. The molecule has 2 bridgehead atoms. The third-order valence-corrected chi connectivity index (χ3v) is 10.4. The van der Waals surface area contributed by atoms with Gasteiger partial charge in [0.15, 0.2) is 5.82 Å². The molecule has 1 aliphatic carbocycles. The zero-order valence-corrected chi connectivity index (χ0v) is 30.3. The van der Waals surface area contributed by atoms with E-state index >= 15 is 0 Å². The summed E-state index contributed by atoms with van der Waals surface area (Å²) in [6.07, 6.45) is 4.34. The van der Waals surface area contributed by atoms with Crippen LogP contribution in [0.5, 0.6) is 0 Å². The molecule has 2 aliphatic rings. The van der Waals surface area contributed by atoms with Crippen LogP contribution >= 0.6 is 11.3 Å². The van der Waals surface area contributed by atoms with Crippen LogP contribution in [0.15, 0.2) is 35.7 Å². The van der Waals surface area contributed by atoms with Crippen molar-refractivity contribution in [3.05, 3.63) is 63.6 Å². The van der Waals surface area contributed by atoms with E-state index in [1.807, 2.05) is 44.2 Å². The number of amides is 4. The molecule has 5 rings (SSSR count). The summed E-state index contributed by atoms with van der Waals surface area (Å²) in [5, 5.41) is 16.2. The smallest absolute Gasteiger partial charge is 0.271 e. The number of carbonyl (C=O) groups is 4. The highest BCUT2D eigenvalue weighted by molar-refractivity contribution is 7.09. The zero-order valence-electron chi connectivity index (χ0n) is 29.5. The van der Waals surface area contributed by atoms with E-state index in [1.54, 1.807) is 17.2 Å². The summed E-state index contributed by atoms with van der Waals surface area (Å²) in [4.78, 5) is 65.7. The first-order valence-corrected chi connectivity index (χ1v) is 18.2. The summed E-state index contributed by atoms with van der Waals surface area (Å²) in [5.74, 6) is 0.0150. The van der Waals surface area contributed by atoms with Crippen molar-refractivity contribution in [2.45, 2.75) is 105 Å². The highest BCUT2D eigenvalue weighted by Gasteiger charge is 2.38. The maximum atomic E-state index is 13.7. The number of thiazole rings is 1. The lowest BCUT2D eigenvalue weighted by Crippen LogP contribution is -2.51. The molecule has 13 heteroatoms. The van der Waals surface area contributed by atoms with E-state index in [1.165, 1.54) is 16.0 Å². The van der Waals surface area contributed by atoms with E-state index in [0.717, 1.165) is 24.8 Å². The van der Waals surface area contributed by atoms with Crippen LogP contribution in [-0.4, -0.2) is 67.4 Å². The minimum absolute atomic E-state index is 0.0293. The summed E-state index contributed by atoms with van der Waals surface area (Å²) in [6.45, 7) is 12.0. The van der Waals surface area contributed by atoms with E-state index in [-0.39, 0.29) is 60.3 Å². The van der Waals surface area contributed by atoms with Gasteiger partial charge in [0.05, 0.1) is 18.6 Å². The van der Waals surface area contributed by atoms with Gasteiger partial charge in [-0.1, -0.05) is 65.0 Å². The molecule has 264 valence electrons. The van der Waals surface area contributed by atoms with Crippen molar-refractivity contribution < 1.29 is 19.2 Å². The van der Waals surface area contributed by atoms with Gasteiger partial charge in [-0.2, -0.15) is 5.10 Å². The van der Waals surface area contributed by atoms with Crippen molar-refractivity contribution in [3.63, 3.8) is 0 Å². The topological polar surface area (TPSA) is 151 Å². The quantitative estimate of drug-likeness (QED) is 0.314. The molecule has 49 heavy (non-hydrogen) atoms. The highest BCUT2D eigenvalue weighted by atomic mass is 32.1. The number of aryl methyl sites for hydroxylation is 1. The van der Waals surface area contributed by atoms with Crippen LogP contribution in [0.2, 0.25) is 0 Å². The van der Waals surface area contributed by atoms with E-state index < -0.39 is 24.0 Å². The Morgan fingerprint density at radius 1 is 0.980 bits per heavy atom. The van der Waals surface area contributed by atoms with E-state index in [2.05, 4.69) is 46.8 Å². The molecule has 1 aliphatic heterocycles. The van der Waals surface area contributed by atoms with Gasteiger partial charge in [-0.25, -0.2) is 14.6 Å². The monoisotopic (exact) mass is 690 g/mol. The average molecular weight is 691 g/mol. The number of hydrogen-bond donors (Lipinski definition) is 3. The first-order chi connectivity index (χ1) is 23.3. The number of fused-ring (bicyclic) bond motifs is 3. The largest absolute Gasteiger partial charge is 0.350 e. The molecule has 0 spiro atoms. The second-order valence-corrected chi connectivity index (χ2v) is 15.6. The zero-order chi connectivity index (χ0) is 35.3. The minimum atomic E-state index is -0.610. The number of benzene rings is 1. The Balaban J connectivity index is 1.51. The van der Waals surface area contributed by atoms with Crippen molar-refractivity contribution in [1.82, 2.24) is 40.6 Å². The van der Waals surface area contributed by atoms with Crippen LogP contribution in [0.1, 0.15) is 112 Å². The predicted octanol–water partition coefficient (Wildman–Crippen LogP) is 4.52. The lowest BCUT2D eigenvalue weighted by molar-refractivity contribution is -0.137. The first kappa shape index (κ1) is 36.2. The molecular formula is C36H50N8O4S. The molecule has 4 amide bonds. The summed E-state index contributed by atoms with van der Waals surface area (Å²) < 4.78 is 1.54. The number of carbonyl (C=O) groups excluding carboxylic acids is 4. The van der Waals surface area contributed by atoms with Crippen molar-refractivity contribution in [3.8, 4) is 0 Å². The predicted molar refractivity (Wildman–Crippen MR) is 187 cm³/mol. The van der Waals surface area contributed by atoms with Gasteiger partial charge in [0, 0.05) is 24.4 Å². The lowest BCUT2D eigenvalue weighted by atomic mass is 10.0. The van der Waals surface area contributed by atoms with Gasteiger partial charge in [-0.3, -0.25) is 19.2 Å². The molecule has 12 nitrogen and oxygen atoms in total. The van der Waals surface area contributed by atoms with Gasteiger partial charge in [0.1, 0.15) is 23.1 Å². The van der Waals surface area contributed by atoms with Crippen molar-refractivity contribution in [2.75, 3.05) is 13.1 Å². The SMILES string of the molecule is Cc1nc2n(n1)CC(=O)N[C@@H](C(C)C)CN(C(=O)CCC1(C)CC1)CC(=O)N[C@@H](CC(C)C)c1nc(cs1)C(=O)N[C@H]2Cc1ccccc1. The Kier molecular flexibility index (Phi) is 11.5. The van der Waals surface area contributed by atoms with Crippen LogP contribution in [0.25, 0.3) is 0 Å². The van der Waals surface area contributed by atoms with E-state index in [9.17, 15) is 19.2 Å². The van der Waals surface area contributed by atoms with Crippen LogP contribution in [0, 0.1) is 24.2 Å². The van der Waals surface area contributed by atoms with Crippen molar-refractivity contribution >= 4 is 35.0 Å². The second-order valence-electron chi connectivity index (χ2n) is 14.7. The maximum Gasteiger partial charge on any atom is 0.271 e. The highest BCUT2D eigenvalue weighted by Crippen LogP contribution is 2.49. The van der Waals surface area contributed by atoms with Crippen LogP contribution in [-0.2, 0) is 27.3 Å². The molecule has 0 unspecified atom stereocenters. The number of nitrogens with zero attached hydrogens (tertiary/aromatic N) is 5. The van der Waals surface area contributed by atoms with Gasteiger partial charge < -0.3 is 20.9 Å². The molecule has 3 N–H and O–H groups in total. The summed E-state index contributed by atoms with van der Waals surface area (Å²) >= 11 is 1.32. The van der Waals surface area contributed by atoms with Crippen LogP contribution in [0.4, 0.5) is 0 Å². The Morgan fingerprint density at radius 2 is 1.69 bits per heavy atom. The third kappa shape index (κ3) is 9.96. The van der Waals surface area contributed by atoms with Gasteiger partial charge in [-0.15, -0.1) is 11.3 Å². The van der Waals surface area contributed by atoms with Gasteiger partial charge in [0.25, 0.3) is 5.91 Å². The minimum Gasteiger partial charge on any atom is -0.350 e. The molecule has 1 aromatic carbocycles. The van der Waals surface area contributed by atoms with Gasteiger partial charge in [0.2, 0.25) is 17.7 Å². The molecule has 3 aromatic rings. The second kappa shape index (κ2) is 15.6. The van der Waals surface area contributed by atoms with Crippen molar-refractivity contribution in [2.24, 2.45) is 17.3 Å². The van der Waals surface area contributed by atoms with E-state index in [4.69, 9.17) is 4.98 Å². The lowest BCUT2D eigenvalue weighted by Gasteiger charge is -2.31. The first-order valence-electron chi connectivity index (χ1n) is 17.4. The van der Waals surface area contributed by atoms with Gasteiger partial charge >= 0.3 is 0 Å². The molecule has 1 fully saturated rings. The third-order valence-electron chi connectivity index (χ3n) is 9.40. The number of rotatable bonds is 8. The normalized spacial score (nSPS) is 21.8. The fraction of sp³-hybridized carbons (Fsp3) is 0.583. The maximum absolute atomic E-state index is 13.7. The summed E-state index contributed by atoms with van der Waals surface area (Å²) in [6, 6.07) is 8.29. The Bertz CT molecular complexity index is 1630. The standard InChI is InChI=1S/C36H50N8O4S/c1-22(2)16-27-35-41-29(21-49-35)34(48)40-26(17-25-10-8-7-9-11-25)33-37-24(5)42-44(33)20-31(46)39-28(23(3)4)18-43(19-30(45)38-27)32(47)12-13-36(6)14-15-36/h7-11,21-23,26-28H,12-20H2,1-6H3,(H,38,45)(H,39,46)(H,40,48)/t26-,27-,28+/m0/s1. The van der Waals surface area contributed by atoms with Gasteiger partial charge in [-0.05, 0) is 61.8 Å². The molecule has 3 heterocycles. The average Bonchev–Trinajstić information content (AvgIpc) is 3.39. The molecular weight excluding hydrogens is 641 g/mol. The molecule has 1 saturated carbocycles. The molecule has 3 atom stereocenters. The number of hydrogen-bond acceptors (Lipinski definition) is 8. The van der Waals surface area contributed by atoms with Crippen molar-refractivity contribution in [1.29, 1.82) is 0 Å². The fourth-order valence-electron chi connectivity index (χ4n) is 6.13. The van der Waals surface area contributed by atoms with Crippen LogP contribution in [0.3, 0.4) is 0 Å². The summed E-state index contributed by atoms with van der Waals surface area (Å²) in [7, 11) is 0. The fourth-order valence-corrected chi connectivity index (χ4v) is 6.99. The van der Waals surface area contributed by atoms with E-state index in [0.29, 0.717) is 35.9 Å². The molecule has 0 radical (unpaired) electrons.